The highest BCUT2D eigenvalue weighted by molar-refractivity contribution is 5.94. The number of hydrogen-bond acceptors (Lipinski definition) is 6. The molecule has 0 aromatic heterocycles. The zero-order valence-electron chi connectivity index (χ0n) is 19.3. The van der Waals surface area contributed by atoms with Crippen molar-refractivity contribution < 1.29 is 19.0 Å². The second-order valence-corrected chi connectivity index (χ2v) is 8.43. The Labute approximate surface area is 199 Å². The molecule has 3 aromatic rings. The summed E-state index contributed by atoms with van der Waals surface area (Å²) in [5, 5.41) is 3.14. The number of rotatable bonds is 7. The molecule has 7 nitrogen and oxygen atoms in total. The van der Waals surface area contributed by atoms with Crippen LogP contribution in [0.5, 0.6) is 17.2 Å². The number of ether oxygens (including phenoxy) is 3. The molecule has 0 aliphatic carbocycles. The molecule has 0 radical (unpaired) electrons. The molecule has 176 valence electrons. The van der Waals surface area contributed by atoms with Crippen molar-refractivity contribution in [1.29, 1.82) is 0 Å². The molecule has 1 saturated heterocycles. The fraction of sp³-hybridized carbons (Fsp3) is 0.296. The zero-order valence-corrected chi connectivity index (χ0v) is 19.3. The topological polar surface area (TPSA) is 63.3 Å². The van der Waals surface area contributed by atoms with Gasteiger partial charge in [0.15, 0.2) is 11.5 Å². The van der Waals surface area contributed by atoms with Crippen LogP contribution in [0.25, 0.3) is 0 Å². The molecule has 0 bridgehead atoms. The summed E-state index contributed by atoms with van der Waals surface area (Å²) in [7, 11) is 1.61. The normalized spacial score (nSPS) is 16.2. The van der Waals surface area contributed by atoms with Crippen LogP contribution < -0.4 is 24.4 Å². The first kappa shape index (κ1) is 22.1. The van der Waals surface area contributed by atoms with Gasteiger partial charge in [-0.25, -0.2) is 0 Å². The Bertz CT molecular complexity index is 1110. The number of nitrogens with zero attached hydrogens (tertiary/aromatic N) is 2. The van der Waals surface area contributed by atoms with E-state index >= 15 is 0 Å². The Kier molecular flexibility index (Phi) is 6.53. The van der Waals surface area contributed by atoms with Crippen molar-refractivity contribution in [3.63, 3.8) is 0 Å². The standard InChI is InChI=1S/C27H29N3O4/c1-32-23-10-7-20(8-11-23)27(31)28-18-24(21-9-12-25-26(17-21)34-19-33-25)30-15-13-29(14-16-30)22-5-3-2-4-6-22/h2-12,17,24H,13-16,18-19H2,1H3,(H,28,31). The maximum absolute atomic E-state index is 12.9. The molecule has 1 N–H and O–H groups in total. The highest BCUT2D eigenvalue weighted by atomic mass is 16.7. The van der Waals surface area contributed by atoms with E-state index < -0.39 is 0 Å². The summed E-state index contributed by atoms with van der Waals surface area (Å²) in [6.45, 7) is 4.39. The summed E-state index contributed by atoms with van der Waals surface area (Å²) in [5.41, 5.74) is 2.96. The van der Waals surface area contributed by atoms with Gasteiger partial charge in [0.25, 0.3) is 5.91 Å². The van der Waals surface area contributed by atoms with Crippen LogP contribution in [0, 0.1) is 0 Å². The number of anilines is 1. The van der Waals surface area contributed by atoms with Crippen LogP contribution in [0.2, 0.25) is 0 Å². The van der Waals surface area contributed by atoms with Crippen LogP contribution in [0.3, 0.4) is 0 Å². The van der Waals surface area contributed by atoms with E-state index in [1.807, 2.05) is 18.2 Å². The van der Waals surface area contributed by atoms with E-state index in [9.17, 15) is 4.79 Å². The maximum Gasteiger partial charge on any atom is 0.251 e. The third-order valence-electron chi connectivity index (χ3n) is 6.47. The molecule has 2 aliphatic rings. The van der Waals surface area contributed by atoms with E-state index in [4.69, 9.17) is 14.2 Å². The molecule has 1 unspecified atom stereocenters. The van der Waals surface area contributed by atoms with Gasteiger partial charge in [0.2, 0.25) is 6.79 Å². The van der Waals surface area contributed by atoms with Crippen LogP contribution in [0.4, 0.5) is 5.69 Å². The summed E-state index contributed by atoms with van der Waals surface area (Å²) in [4.78, 5) is 17.7. The van der Waals surface area contributed by atoms with Gasteiger partial charge in [-0.15, -0.1) is 0 Å². The lowest BCUT2D eigenvalue weighted by Crippen LogP contribution is -2.50. The van der Waals surface area contributed by atoms with Crippen LogP contribution in [0.1, 0.15) is 22.0 Å². The van der Waals surface area contributed by atoms with E-state index in [1.165, 1.54) is 5.69 Å². The molecule has 34 heavy (non-hydrogen) atoms. The Morgan fingerprint density at radius 3 is 2.41 bits per heavy atom. The van der Waals surface area contributed by atoms with E-state index in [1.54, 1.807) is 31.4 Å². The fourth-order valence-electron chi connectivity index (χ4n) is 4.54. The smallest absolute Gasteiger partial charge is 0.251 e. The minimum atomic E-state index is -0.101. The number of carbonyl (C=O) groups excluding carboxylic acids is 1. The van der Waals surface area contributed by atoms with Gasteiger partial charge in [0.05, 0.1) is 13.2 Å². The predicted molar refractivity (Wildman–Crippen MR) is 131 cm³/mol. The Hall–Kier alpha value is -3.71. The van der Waals surface area contributed by atoms with Gasteiger partial charge in [-0.3, -0.25) is 9.69 Å². The third-order valence-corrected chi connectivity index (χ3v) is 6.47. The molecule has 3 aromatic carbocycles. The lowest BCUT2D eigenvalue weighted by atomic mass is 10.0. The molecule has 0 saturated carbocycles. The average Bonchev–Trinajstić information content (AvgIpc) is 3.38. The Balaban J connectivity index is 1.31. The van der Waals surface area contributed by atoms with Crippen LogP contribution >= 0.6 is 0 Å². The maximum atomic E-state index is 12.9. The van der Waals surface area contributed by atoms with E-state index in [-0.39, 0.29) is 18.7 Å². The SMILES string of the molecule is COc1ccc(C(=O)NCC(c2ccc3c(c2)OCO3)N2CCN(c3ccccc3)CC2)cc1. The molecule has 2 aliphatic heterocycles. The van der Waals surface area contributed by atoms with Crippen molar-refractivity contribution in [3.8, 4) is 17.2 Å². The average molecular weight is 460 g/mol. The number of hydrogen-bond donors (Lipinski definition) is 1. The highest BCUT2D eigenvalue weighted by Crippen LogP contribution is 2.35. The minimum absolute atomic E-state index is 0.0228. The Morgan fingerprint density at radius 1 is 0.941 bits per heavy atom. The van der Waals surface area contributed by atoms with E-state index in [0.717, 1.165) is 49.0 Å². The summed E-state index contributed by atoms with van der Waals surface area (Å²) in [5.74, 6) is 2.15. The van der Waals surface area contributed by atoms with Crippen molar-refractivity contribution in [2.75, 3.05) is 51.5 Å². The highest BCUT2D eigenvalue weighted by Gasteiger charge is 2.27. The van der Waals surface area contributed by atoms with Gasteiger partial charge in [-0.05, 0) is 54.1 Å². The molecular formula is C27H29N3O4. The molecular weight excluding hydrogens is 430 g/mol. The minimum Gasteiger partial charge on any atom is -0.497 e. The van der Waals surface area contributed by atoms with Crippen molar-refractivity contribution in [2.24, 2.45) is 0 Å². The molecule has 0 spiro atoms. The number of piperazine rings is 1. The second kappa shape index (κ2) is 10.1. The summed E-state index contributed by atoms with van der Waals surface area (Å²) in [6.07, 6.45) is 0. The molecule has 7 heteroatoms. The Morgan fingerprint density at radius 2 is 1.68 bits per heavy atom. The van der Waals surface area contributed by atoms with Gasteiger partial charge in [0, 0.05) is 44.0 Å². The number of fused-ring (bicyclic) bond motifs is 1. The number of nitrogens with one attached hydrogen (secondary N) is 1. The summed E-state index contributed by atoms with van der Waals surface area (Å²) < 4.78 is 16.3. The van der Waals surface area contributed by atoms with E-state index in [0.29, 0.717) is 12.1 Å². The van der Waals surface area contributed by atoms with Gasteiger partial charge in [-0.2, -0.15) is 0 Å². The van der Waals surface area contributed by atoms with Crippen molar-refractivity contribution in [2.45, 2.75) is 6.04 Å². The second-order valence-electron chi connectivity index (χ2n) is 8.43. The predicted octanol–water partition coefficient (Wildman–Crippen LogP) is 3.72. The summed E-state index contributed by atoms with van der Waals surface area (Å²) >= 11 is 0. The van der Waals surface area contributed by atoms with Crippen LogP contribution in [0.15, 0.2) is 72.8 Å². The lowest BCUT2D eigenvalue weighted by molar-refractivity contribution is 0.0930. The van der Waals surface area contributed by atoms with Gasteiger partial charge >= 0.3 is 0 Å². The molecule has 1 amide bonds. The lowest BCUT2D eigenvalue weighted by Gasteiger charge is -2.40. The fourth-order valence-corrected chi connectivity index (χ4v) is 4.54. The van der Waals surface area contributed by atoms with Crippen LogP contribution in [-0.4, -0.2) is 57.4 Å². The zero-order chi connectivity index (χ0) is 23.3. The summed E-state index contributed by atoms with van der Waals surface area (Å²) in [6, 6.07) is 23.7. The van der Waals surface area contributed by atoms with Gasteiger partial charge in [-0.1, -0.05) is 24.3 Å². The number of benzene rings is 3. The molecule has 1 fully saturated rings. The molecule has 5 rings (SSSR count). The quantitative estimate of drug-likeness (QED) is 0.581. The molecule has 1 atom stereocenters. The van der Waals surface area contributed by atoms with Gasteiger partial charge < -0.3 is 24.4 Å². The number of methoxy groups -OCH3 is 1. The monoisotopic (exact) mass is 459 g/mol. The largest absolute Gasteiger partial charge is 0.497 e. The van der Waals surface area contributed by atoms with Crippen LogP contribution in [-0.2, 0) is 0 Å². The van der Waals surface area contributed by atoms with Crippen molar-refractivity contribution >= 4 is 11.6 Å². The third kappa shape index (κ3) is 4.79. The van der Waals surface area contributed by atoms with Gasteiger partial charge in [0.1, 0.15) is 5.75 Å². The van der Waals surface area contributed by atoms with E-state index in [2.05, 4.69) is 45.4 Å². The van der Waals surface area contributed by atoms with Crippen molar-refractivity contribution in [1.82, 2.24) is 10.2 Å². The number of carbonyl (C=O) groups is 1. The first-order valence-corrected chi connectivity index (χ1v) is 11.6. The number of para-hydroxylation sites is 1. The number of amides is 1. The first-order valence-electron chi connectivity index (χ1n) is 11.6. The first-order chi connectivity index (χ1) is 16.7. The molecule has 2 heterocycles. The van der Waals surface area contributed by atoms with Crippen molar-refractivity contribution in [3.05, 3.63) is 83.9 Å².